The van der Waals surface area contributed by atoms with Gasteiger partial charge in [0.2, 0.25) is 11.9 Å². The van der Waals surface area contributed by atoms with Crippen molar-refractivity contribution < 1.29 is 4.79 Å². The van der Waals surface area contributed by atoms with E-state index in [9.17, 15) is 4.79 Å². The van der Waals surface area contributed by atoms with E-state index in [2.05, 4.69) is 16.4 Å². The topological polar surface area (TPSA) is 96.7 Å². The third-order valence-corrected chi connectivity index (χ3v) is 2.87. The van der Waals surface area contributed by atoms with Crippen molar-refractivity contribution >= 4 is 22.9 Å². The number of hydrogen-bond acceptors (Lipinski definition) is 4. The number of nitrogens with two attached hydrogens (primary N) is 1. The van der Waals surface area contributed by atoms with Gasteiger partial charge in [-0.1, -0.05) is 6.07 Å². The summed E-state index contributed by atoms with van der Waals surface area (Å²) in [6.07, 6.45) is 0.334. The number of nitrogen functional groups attached to an aromatic ring is 1. The lowest BCUT2D eigenvalue weighted by molar-refractivity contribution is -0.121. The number of amides is 1. The molecule has 0 fully saturated rings. The SMILES string of the molecule is CCNC(=O)CCn1c(N)nc2c(C#N)cccc21. The first kappa shape index (κ1) is 12.9. The molecule has 0 bridgehead atoms. The van der Waals surface area contributed by atoms with Crippen LogP contribution in [-0.4, -0.2) is 22.0 Å². The average Bonchev–Trinajstić information content (AvgIpc) is 2.72. The monoisotopic (exact) mass is 257 g/mol. The highest BCUT2D eigenvalue weighted by molar-refractivity contribution is 5.84. The van der Waals surface area contributed by atoms with Crippen LogP contribution >= 0.6 is 0 Å². The number of anilines is 1. The van der Waals surface area contributed by atoms with E-state index in [1.54, 1.807) is 16.7 Å². The van der Waals surface area contributed by atoms with Gasteiger partial charge in [-0.2, -0.15) is 5.26 Å². The minimum absolute atomic E-state index is 0.0276. The summed E-state index contributed by atoms with van der Waals surface area (Å²) < 4.78 is 1.76. The predicted octanol–water partition coefficient (Wildman–Crippen LogP) is 1.02. The molecule has 6 heteroatoms. The molecule has 0 aliphatic heterocycles. The Morgan fingerprint density at radius 2 is 2.37 bits per heavy atom. The zero-order chi connectivity index (χ0) is 13.8. The zero-order valence-corrected chi connectivity index (χ0v) is 10.7. The summed E-state index contributed by atoms with van der Waals surface area (Å²) in [6.45, 7) is 2.93. The van der Waals surface area contributed by atoms with Crippen LogP contribution in [0.5, 0.6) is 0 Å². The molecule has 0 unspecified atom stereocenters. The van der Waals surface area contributed by atoms with Crippen LogP contribution in [0.2, 0.25) is 0 Å². The lowest BCUT2D eigenvalue weighted by atomic mass is 10.2. The predicted molar refractivity (Wildman–Crippen MR) is 72.2 cm³/mol. The number of carbonyl (C=O) groups is 1. The smallest absolute Gasteiger partial charge is 0.221 e. The normalized spacial score (nSPS) is 10.3. The van der Waals surface area contributed by atoms with E-state index in [4.69, 9.17) is 11.0 Å². The van der Waals surface area contributed by atoms with Crippen molar-refractivity contribution in [2.75, 3.05) is 12.3 Å². The van der Waals surface area contributed by atoms with Crippen LogP contribution in [0.15, 0.2) is 18.2 Å². The molecule has 1 aromatic heterocycles. The molecule has 2 rings (SSSR count). The first-order chi connectivity index (χ1) is 9.17. The van der Waals surface area contributed by atoms with Crippen LogP contribution in [0, 0.1) is 11.3 Å². The number of fused-ring (bicyclic) bond motifs is 1. The Hall–Kier alpha value is -2.55. The third-order valence-electron chi connectivity index (χ3n) is 2.87. The molecule has 2 aromatic rings. The average molecular weight is 257 g/mol. The van der Waals surface area contributed by atoms with Crippen molar-refractivity contribution in [3.63, 3.8) is 0 Å². The van der Waals surface area contributed by atoms with Gasteiger partial charge in [0.25, 0.3) is 0 Å². The highest BCUT2D eigenvalue weighted by Crippen LogP contribution is 2.21. The minimum Gasteiger partial charge on any atom is -0.369 e. The summed E-state index contributed by atoms with van der Waals surface area (Å²) in [5, 5.41) is 11.8. The number of nitrogens with zero attached hydrogens (tertiary/aromatic N) is 3. The highest BCUT2D eigenvalue weighted by atomic mass is 16.1. The summed E-state index contributed by atoms with van der Waals surface area (Å²) in [5.41, 5.74) is 7.70. The van der Waals surface area contributed by atoms with Gasteiger partial charge in [0.1, 0.15) is 11.6 Å². The van der Waals surface area contributed by atoms with E-state index in [1.165, 1.54) is 0 Å². The molecule has 1 heterocycles. The van der Waals surface area contributed by atoms with Crippen molar-refractivity contribution in [1.82, 2.24) is 14.9 Å². The molecule has 1 aromatic carbocycles. The van der Waals surface area contributed by atoms with Crippen LogP contribution in [0.4, 0.5) is 5.95 Å². The van der Waals surface area contributed by atoms with Gasteiger partial charge in [-0.15, -0.1) is 0 Å². The Morgan fingerprint density at radius 1 is 1.58 bits per heavy atom. The second-order valence-electron chi connectivity index (χ2n) is 4.11. The van der Waals surface area contributed by atoms with Gasteiger partial charge in [0, 0.05) is 19.5 Å². The molecule has 0 saturated heterocycles. The second-order valence-corrected chi connectivity index (χ2v) is 4.11. The van der Waals surface area contributed by atoms with Gasteiger partial charge in [-0.05, 0) is 19.1 Å². The molecule has 1 amide bonds. The lowest BCUT2D eigenvalue weighted by Gasteiger charge is -2.06. The maximum Gasteiger partial charge on any atom is 0.221 e. The molecule has 0 aliphatic carbocycles. The number of benzene rings is 1. The van der Waals surface area contributed by atoms with Crippen LogP contribution in [0.1, 0.15) is 18.9 Å². The summed E-state index contributed by atoms with van der Waals surface area (Å²) in [4.78, 5) is 15.7. The minimum atomic E-state index is -0.0276. The van der Waals surface area contributed by atoms with Crippen molar-refractivity contribution in [3.8, 4) is 6.07 Å². The van der Waals surface area contributed by atoms with Crippen molar-refractivity contribution in [2.45, 2.75) is 19.9 Å². The lowest BCUT2D eigenvalue weighted by Crippen LogP contribution is -2.24. The van der Waals surface area contributed by atoms with E-state index < -0.39 is 0 Å². The van der Waals surface area contributed by atoms with Crippen LogP contribution in [0.3, 0.4) is 0 Å². The van der Waals surface area contributed by atoms with Crippen molar-refractivity contribution in [3.05, 3.63) is 23.8 Å². The quantitative estimate of drug-likeness (QED) is 0.854. The molecule has 0 atom stereocenters. The molecule has 0 spiro atoms. The van der Waals surface area contributed by atoms with Gasteiger partial charge >= 0.3 is 0 Å². The Bertz CT molecular complexity index is 653. The van der Waals surface area contributed by atoms with E-state index in [0.29, 0.717) is 36.5 Å². The zero-order valence-electron chi connectivity index (χ0n) is 10.7. The first-order valence-corrected chi connectivity index (χ1v) is 6.09. The molecule has 0 radical (unpaired) electrons. The fourth-order valence-corrected chi connectivity index (χ4v) is 1.99. The van der Waals surface area contributed by atoms with E-state index in [1.807, 2.05) is 13.0 Å². The van der Waals surface area contributed by atoms with Crippen molar-refractivity contribution in [2.24, 2.45) is 0 Å². The number of nitrogens with one attached hydrogen (secondary N) is 1. The van der Waals surface area contributed by atoms with Gasteiger partial charge in [0.15, 0.2) is 0 Å². The molecular weight excluding hydrogens is 242 g/mol. The summed E-state index contributed by atoms with van der Waals surface area (Å²) in [6, 6.07) is 7.41. The highest BCUT2D eigenvalue weighted by Gasteiger charge is 2.12. The fourth-order valence-electron chi connectivity index (χ4n) is 1.99. The summed E-state index contributed by atoms with van der Waals surface area (Å²) in [5.74, 6) is 0.294. The Kier molecular flexibility index (Phi) is 3.66. The fraction of sp³-hybridized carbons (Fsp3) is 0.308. The van der Waals surface area contributed by atoms with E-state index >= 15 is 0 Å². The van der Waals surface area contributed by atoms with Gasteiger partial charge in [0.05, 0.1) is 11.1 Å². The molecule has 19 heavy (non-hydrogen) atoms. The first-order valence-electron chi connectivity index (χ1n) is 6.09. The number of rotatable bonds is 4. The number of nitriles is 1. The molecule has 0 aliphatic rings. The number of aromatic nitrogens is 2. The van der Waals surface area contributed by atoms with Crippen LogP contribution < -0.4 is 11.1 Å². The Balaban J connectivity index is 2.31. The molecule has 98 valence electrons. The molecule has 6 nitrogen and oxygen atoms in total. The van der Waals surface area contributed by atoms with Gasteiger partial charge in [-0.3, -0.25) is 4.79 Å². The van der Waals surface area contributed by atoms with Gasteiger partial charge in [-0.25, -0.2) is 4.98 Å². The van der Waals surface area contributed by atoms with Crippen LogP contribution in [0.25, 0.3) is 11.0 Å². The second kappa shape index (κ2) is 5.40. The van der Waals surface area contributed by atoms with Crippen LogP contribution in [-0.2, 0) is 11.3 Å². The number of aryl methyl sites for hydroxylation is 1. The number of imidazole rings is 1. The number of hydrogen-bond donors (Lipinski definition) is 2. The van der Waals surface area contributed by atoms with E-state index in [-0.39, 0.29) is 5.91 Å². The maximum absolute atomic E-state index is 11.5. The molecular formula is C13H15N5O. The Labute approximate surface area is 110 Å². The number of carbonyl (C=O) groups excluding carboxylic acids is 1. The Morgan fingerprint density at radius 3 is 3.05 bits per heavy atom. The third kappa shape index (κ3) is 2.50. The molecule has 3 N–H and O–H groups in total. The maximum atomic E-state index is 11.5. The summed E-state index contributed by atoms with van der Waals surface area (Å²) >= 11 is 0. The van der Waals surface area contributed by atoms with E-state index in [0.717, 1.165) is 5.52 Å². The summed E-state index contributed by atoms with van der Waals surface area (Å²) in [7, 11) is 0. The largest absolute Gasteiger partial charge is 0.369 e. The molecule has 0 saturated carbocycles. The van der Waals surface area contributed by atoms with Crippen molar-refractivity contribution in [1.29, 1.82) is 5.26 Å². The van der Waals surface area contributed by atoms with Gasteiger partial charge < -0.3 is 15.6 Å². The standard InChI is InChI=1S/C13H15N5O/c1-2-16-11(19)6-7-18-10-5-3-4-9(8-14)12(10)17-13(18)15/h3-5H,2,6-7H2,1H3,(H2,15,17)(H,16,19). The number of para-hydroxylation sites is 1.